The summed E-state index contributed by atoms with van der Waals surface area (Å²) >= 11 is 0. The summed E-state index contributed by atoms with van der Waals surface area (Å²) in [6.45, 7) is 1.41. The van der Waals surface area contributed by atoms with Crippen LogP contribution in [0.2, 0.25) is 0 Å². The largest absolute Gasteiger partial charge is 0.480 e. The van der Waals surface area contributed by atoms with Crippen LogP contribution in [0.25, 0.3) is 0 Å². The minimum atomic E-state index is -3.32. The molecule has 1 heterocycles. The maximum atomic E-state index is 11.8. The van der Waals surface area contributed by atoms with Gasteiger partial charge in [-0.15, -0.1) is 0 Å². The van der Waals surface area contributed by atoms with Gasteiger partial charge in [-0.3, -0.25) is 9.69 Å². The van der Waals surface area contributed by atoms with E-state index in [1.165, 1.54) is 0 Å². The Kier molecular flexibility index (Phi) is 3.20. The zero-order chi connectivity index (χ0) is 12.7. The number of rotatable bonds is 3. The zero-order valence-corrected chi connectivity index (χ0v) is 10.9. The van der Waals surface area contributed by atoms with E-state index in [2.05, 4.69) is 0 Å². The Morgan fingerprint density at radius 3 is 2.35 bits per heavy atom. The molecule has 2 fully saturated rings. The Bertz CT molecular complexity index is 413. The standard InChI is InChI=1S/C11H19NO4S/c1-17(15,16)9-5-4-6-11(9,10(13)14)12-7-2-3-8-12/h9H,2-8H2,1H3,(H,13,14). The van der Waals surface area contributed by atoms with Crippen molar-refractivity contribution in [2.75, 3.05) is 19.3 Å². The van der Waals surface area contributed by atoms with Crippen molar-refractivity contribution < 1.29 is 18.3 Å². The molecule has 1 aliphatic heterocycles. The van der Waals surface area contributed by atoms with E-state index in [0.29, 0.717) is 32.4 Å². The van der Waals surface area contributed by atoms with Crippen molar-refractivity contribution >= 4 is 15.8 Å². The first-order valence-corrected chi connectivity index (χ1v) is 8.02. The molecule has 0 amide bonds. The third-order valence-electron chi connectivity index (χ3n) is 4.11. The highest BCUT2D eigenvalue weighted by molar-refractivity contribution is 7.91. The first-order chi connectivity index (χ1) is 7.89. The summed E-state index contributed by atoms with van der Waals surface area (Å²) in [6.07, 6.45) is 4.70. The van der Waals surface area contributed by atoms with Gasteiger partial charge in [0, 0.05) is 6.26 Å². The molecule has 2 aliphatic rings. The lowest BCUT2D eigenvalue weighted by Crippen LogP contribution is -2.60. The normalized spacial score (nSPS) is 35.2. The molecule has 0 aromatic rings. The van der Waals surface area contributed by atoms with Crippen molar-refractivity contribution in [3.8, 4) is 0 Å². The number of likely N-dealkylation sites (tertiary alicyclic amines) is 1. The highest BCUT2D eigenvalue weighted by atomic mass is 32.2. The predicted molar refractivity (Wildman–Crippen MR) is 63.7 cm³/mol. The molecule has 1 saturated heterocycles. The van der Waals surface area contributed by atoms with Gasteiger partial charge in [0.05, 0.1) is 5.25 Å². The molecule has 98 valence electrons. The second-order valence-electron chi connectivity index (χ2n) is 5.13. The molecule has 0 bridgehead atoms. The van der Waals surface area contributed by atoms with Gasteiger partial charge in [0.25, 0.3) is 0 Å². The van der Waals surface area contributed by atoms with Gasteiger partial charge in [-0.05, 0) is 45.2 Å². The van der Waals surface area contributed by atoms with Crippen LogP contribution < -0.4 is 0 Å². The Morgan fingerprint density at radius 2 is 1.88 bits per heavy atom. The molecule has 1 aliphatic carbocycles. The van der Waals surface area contributed by atoms with Gasteiger partial charge in [-0.2, -0.15) is 0 Å². The van der Waals surface area contributed by atoms with Gasteiger partial charge >= 0.3 is 5.97 Å². The lowest BCUT2D eigenvalue weighted by Gasteiger charge is -2.38. The third-order valence-corrected chi connectivity index (χ3v) is 5.77. The maximum Gasteiger partial charge on any atom is 0.325 e. The fourth-order valence-corrected chi connectivity index (χ4v) is 5.05. The highest BCUT2D eigenvalue weighted by Crippen LogP contribution is 2.41. The highest BCUT2D eigenvalue weighted by Gasteiger charge is 2.57. The van der Waals surface area contributed by atoms with E-state index in [4.69, 9.17) is 0 Å². The average molecular weight is 261 g/mol. The Labute approximate surface area is 102 Å². The molecule has 0 radical (unpaired) electrons. The number of carboxylic acid groups (broad SMARTS) is 1. The minimum Gasteiger partial charge on any atom is -0.480 e. The molecule has 0 aromatic heterocycles. The van der Waals surface area contributed by atoms with Crippen LogP contribution in [-0.2, 0) is 14.6 Å². The smallest absolute Gasteiger partial charge is 0.325 e. The van der Waals surface area contributed by atoms with Crippen LogP contribution in [0.5, 0.6) is 0 Å². The van der Waals surface area contributed by atoms with E-state index in [1.54, 1.807) is 0 Å². The lowest BCUT2D eigenvalue weighted by molar-refractivity contribution is -0.150. The Balaban J connectivity index is 2.42. The van der Waals surface area contributed by atoms with Crippen LogP contribution in [0.15, 0.2) is 0 Å². The molecule has 2 rings (SSSR count). The van der Waals surface area contributed by atoms with Gasteiger partial charge in [0.15, 0.2) is 9.84 Å². The van der Waals surface area contributed by atoms with Crippen molar-refractivity contribution in [3.05, 3.63) is 0 Å². The second-order valence-corrected chi connectivity index (χ2v) is 7.36. The van der Waals surface area contributed by atoms with Gasteiger partial charge in [-0.1, -0.05) is 0 Å². The van der Waals surface area contributed by atoms with E-state index in [0.717, 1.165) is 19.1 Å². The number of carbonyl (C=O) groups is 1. The molecule has 6 heteroatoms. The van der Waals surface area contributed by atoms with E-state index in [1.807, 2.05) is 4.90 Å². The summed E-state index contributed by atoms with van der Waals surface area (Å²) in [5, 5.41) is 8.81. The molecule has 1 saturated carbocycles. The third kappa shape index (κ3) is 1.97. The van der Waals surface area contributed by atoms with E-state index in [9.17, 15) is 18.3 Å². The Hall–Kier alpha value is -0.620. The predicted octanol–water partition coefficient (Wildman–Crippen LogP) is 0.503. The van der Waals surface area contributed by atoms with Crippen molar-refractivity contribution in [2.24, 2.45) is 0 Å². The van der Waals surface area contributed by atoms with Crippen LogP contribution in [0.1, 0.15) is 32.1 Å². The molecule has 0 spiro atoms. The number of hydrogen-bond donors (Lipinski definition) is 1. The fraction of sp³-hybridized carbons (Fsp3) is 0.909. The maximum absolute atomic E-state index is 11.8. The van der Waals surface area contributed by atoms with Crippen LogP contribution in [0.4, 0.5) is 0 Å². The molecule has 5 nitrogen and oxygen atoms in total. The fourth-order valence-electron chi connectivity index (χ4n) is 3.38. The summed E-state index contributed by atoms with van der Waals surface area (Å²) < 4.78 is 23.6. The summed E-state index contributed by atoms with van der Waals surface area (Å²) in [4.78, 5) is 13.5. The SMILES string of the molecule is CS(=O)(=O)C1CCCC1(C(=O)O)N1CCCC1. The number of carboxylic acids is 1. The van der Waals surface area contributed by atoms with Crippen LogP contribution >= 0.6 is 0 Å². The summed E-state index contributed by atoms with van der Waals surface area (Å²) in [5.41, 5.74) is -1.16. The Morgan fingerprint density at radius 1 is 1.29 bits per heavy atom. The van der Waals surface area contributed by atoms with Gasteiger partial charge in [-0.25, -0.2) is 8.42 Å². The summed E-state index contributed by atoms with van der Waals surface area (Å²) in [7, 11) is -3.32. The van der Waals surface area contributed by atoms with Gasteiger partial charge < -0.3 is 5.11 Å². The molecule has 2 atom stereocenters. The monoisotopic (exact) mass is 261 g/mol. The topological polar surface area (TPSA) is 74.7 Å². The molecule has 2 unspecified atom stereocenters. The first kappa shape index (κ1) is 12.8. The van der Waals surface area contributed by atoms with E-state index in [-0.39, 0.29) is 0 Å². The van der Waals surface area contributed by atoms with E-state index < -0.39 is 26.6 Å². The summed E-state index contributed by atoms with van der Waals surface area (Å²) in [6, 6.07) is 0. The average Bonchev–Trinajstić information content (AvgIpc) is 2.85. The van der Waals surface area contributed by atoms with Crippen LogP contribution in [0, 0.1) is 0 Å². The van der Waals surface area contributed by atoms with Crippen molar-refractivity contribution in [3.63, 3.8) is 0 Å². The second kappa shape index (κ2) is 4.24. The van der Waals surface area contributed by atoms with Gasteiger partial charge in [0.1, 0.15) is 5.54 Å². The van der Waals surface area contributed by atoms with E-state index >= 15 is 0 Å². The molecule has 0 aromatic carbocycles. The number of sulfone groups is 1. The van der Waals surface area contributed by atoms with Crippen LogP contribution in [0.3, 0.4) is 0 Å². The molecule has 1 N–H and O–H groups in total. The zero-order valence-electron chi connectivity index (χ0n) is 10.1. The molecular weight excluding hydrogens is 242 g/mol. The quantitative estimate of drug-likeness (QED) is 0.801. The molecular formula is C11H19NO4S. The summed E-state index contributed by atoms with van der Waals surface area (Å²) in [5.74, 6) is -0.965. The number of nitrogens with zero attached hydrogens (tertiary/aromatic N) is 1. The van der Waals surface area contributed by atoms with Crippen molar-refractivity contribution in [1.29, 1.82) is 0 Å². The minimum absolute atomic E-state index is 0.458. The number of hydrogen-bond acceptors (Lipinski definition) is 4. The lowest BCUT2D eigenvalue weighted by atomic mass is 9.95. The van der Waals surface area contributed by atoms with Crippen molar-refractivity contribution in [1.82, 2.24) is 4.90 Å². The van der Waals surface area contributed by atoms with Crippen molar-refractivity contribution in [2.45, 2.75) is 42.9 Å². The van der Waals surface area contributed by atoms with Crippen LogP contribution in [-0.4, -0.2) is 54.5 Å². The first-order valence-electron chi connectivity index (χ1n) is 6.06. The number of aliphatic carboxylic acids is 1. The molecule has 17 heavy (non-hydrogen) atoms. The van der Waals surface area contributed by atoms with Gasteiger partial charge in [0.2, 0.25) is 0 Å².